The van der Waals surface area contributed by atoms with Gasteiger partial charge >= 0.3 is 0 Å². The summed E-state index contributed by atoms with van der Waals surface area (Å²) < 4.78 is 28.6. The second-order valence-corrected chi connectivity index (χ2v) is 10.1. The Hall–Kier alpha value is -1.90. The van der Waals surface area contributed by atoms with Gasteiger partial charge in [-0.3, -0.25) is 4.79 Å². The lowest BCUT2D eigenvalue weighted by Gasteiger charge is -2.22. The van der Waals surface area contributed by atoms with Gasteiger partial charge in [-0.15, -0.1) is 0 Å². The zero-order chi connectivity index (χ0) is 21.7. The SMILES string of the molecule is O=C(CN(Cc1ccccc1)S(=O)(=O)c1cc(Cl)ccc1Cl)Nc1ccc(Br)cc1. The van der Waals surface area contributed by atoms with Crippen molar-refractivity contribution >= 4 is 60.7 Å². The molecule has 3 rings (SSSR count). The van der Waals surface area contributed by atoms with E-state index in [1.165, 1.54) is 18.2 Å². The van der Waals surface area contributed by atoms with Crippen molar-refractivity contribution in [3.8, 4) is 0 Å². The average Bonchev–Trinajstić information content (AvgIpc) is 2.71. The van der Waals surface area contributed by atoms with Crippen molar-refractivity contribution in [2.45, 2.75) is 11.4 Å². The Bertz CT molecular complexity index is 1140. The summed E-state index contributed by atoms with van der Waals surface area (Å²) in [5.74, 6) is -0.477. The lowest BCUT2D eigenvalue weighted by atomic mass is 10.2. The molecule has 1 amide bonds. The number of carbonyl (C=O) groups excluding carboxylic acids is 1. The maximum atomic E-state index is 13.3. The third-order valence-electron chi connectivity index (χ3n) is 4.16. The number of carbonyl (C=O) groups is 1. The summed E-state index contributed by atoms with van der Waals surface area (Å²) in [6.45, 7) is -0.393. The maximum Gasteiger partial charge on any atom is 0.245 e. The van der Waals surface area contributed by atoms with E-state index in [-0.39, 0.29) is 21.5 Å². The predicted molar refractivity (Wildman–Crippen MR) is 123 cm³/mol. The molecule has 0 saturated heterocycles. The molecule has 0 aliphatic carbocycles. The molecule has 3 aromatic carbocycles. The Morgan fingerprint density at radius 1 is 0.967 bits per heavy atom. The van der Waals surface area contributed by atoms with Crippen molar-refractivity contribution < 1.29 is 13.2 Å². The van der Waals surface area contributed by atoms with E-state index in [0.717, 1.165) is 14.3 Å². The minimum absolute atomic E-state index is 0.000225. The Morgan fingerprint density at radius 2 is 1.63 bits per heavy atom. The molecule has 0 atom stereocenters. The molecule has 0 aromatic heterocycles. The Balaban J connectivity index is 1.90. The minimum atomic E-state index is -4.10. The summed E-state index contributed by atoms with van der Waals surface area (Å²) in [5.41, 5.74) is 1.29. The topological polar surface area (TPSA) is 66.5 Å². The highest BCUT2D eigenvalue weighted by molar-refractivity contribution is 9.10. The fraction of sp³-hybridized carbons (Fsp3) is 0.0952. The van der Waals surface area contributed by atoms with Gasteiger partial charge in [-0.25, -0.2) is 8.42 Å². The van der Waals surface area contributed by atoms with Gasteiger partial charge in [0.1, 0.15) is 4.90 Å². The van der Waals surface area contributed by atoms with Crippen molar-refractivity contribution in [2.75, 3.05) is 11.9 Å². The summed E-state index contributed by atoms with van der Waals surface area (Å²) >= 11 is 15.5. The number of amides is 1. The molecule has 0 heterocycles. The Morgan fingerprint density at radius 3 is 2.30 bits per heavy atom. The first-order valence-corrected chi connectivity index (χ1v) is 11.8. The summed E-state index contributed by atoms with van der Waals surface area (Å²) in [6.07, 6.45) is 0. The number of sulfonamides is 1. The second-order valence-electron chi connectivity index (χ2n) is 6.39. The van der Waals surface area contributed by atoms with E-state index in [4.69, 9.17) is 23.2 Å². The van der Waals surface area contributed by atoms with Crippen molar-refractivity contribution in [1.82, 2.24) is 4.31 Å². The summed E-state index contributed by atoms with van der Waals surface area (Å²) in [4.78, 5) is 12.5. The second kappa shape index (κ2) is 9.94. The normalized spacial score (nSPS) is 11.5. The Kier molecular flexibility index (Phi) is 7.55. The highest BCUT2D eigenvalue weighted by Crippen LogP contribution is 2.28. The van der Waals surface area contributed by atoms with E-state index < -0.39 is 22.5 Å². The van der Waals surface area contributed by atoms with Crippen LogP contribution >= 0.6 is 39.1 Å². The third kappa shape index (κ3) is 5.83. The molecule has 1 N–H and O–H groups in total. The van der Waals surface area contributed by atoms with Crippen LogP contribution in [0.3, 0.4) is 0 Å². The van der Waals surface area contributed by atoms with E-state index in [1.807, 2.05) is 6.07 Å². The number of hydrogen-bond acceptors (Lipinski definition) is 3. The molecule has 0 bridgehead atoms. The fourth-order valence-electron chi connectivity index (χ4n) is 2.72. The number of benzene rings is 3. The van der Waals surface area contributed by atoms with Crippen LogP contribution in [0, 0.1) is 0 Å². The molecule has 5 nitrogen and oxygen atoms in total. The molecule has 0 fully saturated rings. The van der Waals surface area contributed by atoms with E-state index in [1.54, 1.807) is 48.5 Å². The number of anilines is 1. The van der Waals surface area contributed by atoms with Crippen molar-refractivity contribution in [1.29, 1.82) is 0 Å². The van der Waals surface area contributed by atoms with Gasteiger partial charge < -0.3 is 5.32 Å². The minimum Gasteiger partial charge on any atom is -0.325 e. The molecule has 0 aliphatic heterocycles. The van der Waals surface area contributed by atoms with Gasteiger partial charge in [-0.05, 0) is 48.0 Å². The first-order chi connectivity index (χ1) is 14.3. The van der Waals surface area contributed by atoms with E-state index >= 15 is 0 Å². The van der Waals surface area contributed by atoms with E-state index in [2.05, 4.69) is 21.2 Å². The third-order valence-corrected chi connectivity index (χ3v) is 7.20. The molecule has 0 radical (unpaired) electrons. The highest BCUT2D eigenvalue weighted by Gasteiger charge is 2.29. The molecular formula is C21H17BrCl2N2O3S. The molecule has 0 spiro atoms. The molecule has 30 heavy (non-hydrogen) atoms. The van der Waals surface area contributed by atoms with Gasteiger partial charge in [0.05, 0.1) is 11.6 Å². The summed E-state index contributed by atoms with van der Waals surface area (Å²) in [5, 5.41) is 2.98. The number of hydrogen-bond donors (Lipinski definition) is 1. The van der Waals surface area contributed by atoms with E-state index in [0.29, 0.717) is 5.69 Å². The van der Waals surface area contributed by atoms with Gasteiger partial charge in [0.15, 0.2) is 0 Å². The lowest BCUT2D eigenvalue weighted by molar-refractivity contribution is -0.116. The van der Waals surface area contributed by atoms with E-state index in [9.17, 15) is 13.2 Å². The van der Waals surface area contributed by atoms with Crippen LogP contribution in [-0.4, -0.2) is 25.2 Å². The fourth-order valence-corrected chi connectivity index (χ4v) is 5.11. The van der Waals surface area contributed by atoms with Crippen LogP contribution < -0.4 is 5.32 Å². The summed E-state index contributed by atoms with van der Waals surface area (Å²) in [7, 11) is -4.10. The maximum absolute atomic E-state index is 13.3. The van der Waals surface area contributed by atoms with Crippen LogP contribution in [-0.2, 0) is 21.4 Å². The molecule has 0 aliphatic rings. The van der Waals surface area contributed by atoms with Gasteiger partial charge in [0.25, 0.3) is 0 Å². The number of nitrogens with zero attached hydrogens (tertiary/aromatic N) is 1. The van der Waals surface area contributed by atoms with Gasteiger partial charge in [0, 0.05) is 21.7 Å². The molecule has 0 saturated carbocycles. The van der Waals surface area contributed by atoms with Crippen LogP contribution in [0.2, 0.25) is 10.0 Å². The van der Waals surface area contributed by atoms with Crippen LogP contribution in [0.25, 0.3) is 0 Å². The van der Waals surface area contributed by atoms with Gasteiger partial charge in [0.2, 0.25) is 15.9 Å². The van der Waals surface area contributed by atoms with Crippen molar-refractivity contribution in [3.05, 3.63) is 92.9 Å². The highest BCUT2D eigenvalue weighted by atomic mass is 79.9. The quantitative estimate of drug-likeness (QED) is 0.435. The van der Waals surface area contributed by atoms with Gasteiger partial charge in [-0.1, -0.05) is 69.5 Å². The van der Waals surface area contributed by atoms with Crippen LogP contribution in [0.5, 0.6) is 0 Å². The first kappa shape index (κ1) is 22.8. The molecule has 0 unspecified atom stereocenters. The standard InChI is InChI=1S/C21H17BrCl2N2O3S/c22-16-6-9-18(10-7-16)25-21(27)14-26(13-15-4-2-1-3-5-15)30(28,29)20-12-17(23)8-11-19(20)24/h1-12H,13-14H2,(H,25,27). The molecular weight excluding hydrogens is 511 g/mol. The molecule has 9 heteroatoms. The summed E-state index contributed by atoms with van der Waals surface area (Å²) in [6, 6.07) is 20.2. The van der Waals surface area contributed by atoms with Crippen molar-refractivity contribution in [2.24, 2.45) is 0 Å². The zero-order valence-electron chi connectivity index (χ0n) is 15.6. The number of nitrogens with one attached hydrogen (secondary N) is 1. The lowest BCUT2D eigenvalue weighted by Crippen LogP contribution is -2.37. The molecule has 3 aromatic rings. The van der Waals surface area contributed by atoms with Gasteiger partial charge in [-0.2, -0.15) is 4.31 Å². The smallest absolute Gasteiger partial charge is 0.245 e. The predicted octanol–water partition coefficient (Wildman–Crippen LogP) is 5.59. The molecule has 156 valence electrons. The largest absolute Gasteiger partial charge is 0.325 e. The first-order valence-electron chi connectivity index (χ1n) is 8.80. The number of halogens is 3. The average molecular weight is 528 g/mol. The zero-order valence-corrected chi connectivity index (χ0v) is 19.5. The number of rotatable bonds is 7. The van der Waals surface area contributed by atoms with Crippen molar-refractivity contribution in [3.63, 3.8) is 0 Å². The monoisotopic (exact) mass is 526 g/mol. The Labute approximate surface area is 193 Å². The van der Waals surface area contributed by atoms with Crippen LogP contribution in [0.4, 0.5) is 5.69 Å². The van der Waals surface area contributed by atoms with Crippen LogP contribution in [0.15, 0.2) is 82.2 Å². The van der Waals surface area contributed by atoms with Crippen LogP contribution in [0.1, 0.15) is 5.56 Å².